The number of carbonyl (C=O) groups excluding carboxylic acids is 2. The van der Waals surface area contributed by atoms with Gasteiger partial charge in [-0.1, -0.05) is 6.92 Å². The number of furan rings is 1. The van der Waals surface area contributed by atoms with Crippen LogP contribution in [0.15, 0.2) is 28.9 Å². The Hall–Kier alpha value is -2.09. The molecule has 2 heterocycles. The molecule has 2 rings (SSSR count). The number of carbonyl (C=O) groups is 2. The SMILES string of the molecule is CC[C@H](C)N(C(=O)COC(=O)/C=C/c1ccco1)[C@@H]1CCS(=O)(=O)C1. The molecule has 0 aromatic carbocycles. The molecule has 25 heavy (non-hydrogen) atoms. The summed E-state index contributed by atoms with van der Waals surface area (Å²) in [5, 5.41) is 0. The molecule has 0 unspecified atom stereocenters. The number of amides is 1. The summed E-state index contributed by atoms with van der Waals surface area (Å²) < 4.78 is 33.4. The van der Waals surface area contributed by atoms with Gasteiger partial charge in [0.25, 0.3) is 5.91 Å². The van der Waals surface area contributed by atoms with E-state index in [1.165, 1.54) is 18.4 Å². The van der Waals surface area contributed by atoms with E-state index in [1.54, 1.807) is 17.0 Å². The standard InChI is InChI=1S/C17H23NO6S/c1-3-13(2)18(14-8-10-25(21,22)12-14)16(19)11-24-17(20)7-6-15-5-4-9-23-15/h4-7,9,13-14H,3,8,10-12H2,1-2H3/b7-6+/t13-,14+/m0/s1. The Balaban J connectivity index is 1.94. The maximum Gasteiger partial charge on any atom is 0.331 e. The van der Waals surface area contributed by atoms with Crippen LogP contribution in [0.1, 0.15) is 32.4 Å². The summed E-state index contributed by atoms with van der Waals surface area (Å²) in [5.74, 6) is -0.483. The smallest absolute Gasteiger partial charge is 0.331 e. The monoisotopic (exact) mass is 369 g/mol. The van der Waals surface area contributed by atoms with Gasteiger partial charge in [-0.25, -0.2) is 13.2 Å². The molecule has 1 aliphatic heterocycles. The van der Waals surface area contributed by atoms with E-state index in [9.17, 15) is 18.0 Å². The van der Waals surface area contributed by atoms with Crippen LogP contribution in [-0.2, 0) is 24.2 Å². The molecule has 1 aliphatic rings. The molecule has 0 N–H and O–H groups in total. The fourth-order valence-electron chi connectivity index (χ4n) is 2.79. The second-order valence-corrected chi connectivity index (χ2v) is 8.30. The molecular weight excluding hydrogens is 346 g/mol. The lowest BCUT2D eigenvalue weighted by Crippen LogP contribution is -2.48. The normalized spacial score (nSPS) is 20.5. The van der Waals surface area contributed by atoms with Gasteiger partial charge in [-0.15, -0.1) is 0 Å². The van der Waals surface area contributed by atoms with Crippen molar-refractivity contribution < 1.29 is 27.2 Å². The molecule has 0 bridgehead atoms. The third-order valence-corrected chi connectivity index (χ3v) is 5.97. The highest BCUT2D eigenvalue weighted by atomic mass is 32.2. The fourth-order valence-corrected chi connectivity index (χ4v) is 4.50. The van der Waals surface area contributed by atoms with Gasteiger partial charge in [-0.2, -0.15) is 0 Å². The summed E-state index contributed by atoms with van der Waals surface area (Å²) in [6, 6.07) is 2.89. The largest absolute Gasteiger partial charge is 0.465 e. The maximum absolute atomic E-state index is 12.5. The molecule has 1 saturated heterocycles. The third kappa shape index (κ3) is 5.45. The first-order chi connectivity index (χ1) is 11.8. The van der Waals surface area contributed by atoms with Crippen molar-refractivity contribution in [3.8, 4) is 0 Å². The van der Waals surface area contributed by atoms with Gasteiger partial charge in [0, 0.05) is 18.2 Å². The minimum atomic E-state index is -3.10. The second-order valence-electron chi connectivity index (χ2n) is 6.07. The summed E-state index contributed by atoms with van der Waals surface area (Å²) in [5.41, 5.74) is 0. The molecule has 1 amide bonds. The lowest BCUT2D eigenvalue weighted by molar-refractivity contribution is -0.150. The zero-order valence-corrected chi connectivity index (χ0v) is 15.2. The van der Waals surface area contributed by atoms with Crippen molar-refractivity contribution in [1.82, 2.24) is 4.90 Å². The van der Waals surface area contributed by atoms with Gasteiger partial charge in [0.05, 0.1) is 17.8 Å². The zero-order valence-electron chi connectivity index (χ0n) is 14.4. The van der Waals surface area contributed by atoms with E-state index in [4.69, 9.17) is 9.15 Å². The Morgan fingerprint density at radius 1 is 1.48 bits per heavy atom. The average molecular weight is 369 g/mol. The summed E-state index contributed by atoms with van der Waals surface area (Å²) in [7, 11) is -3.10. The molecule has 138 valence electrons. The number of hydrogen-bond donors (Lipinski definition) is 0. The minimum Gasteiger partial charge on any atom is -0.465 e. The Labute approximate surface area is 147 Å². The number of rotatable bonds is 7. The zero-order chi connectivity index (χ0) is 18.4. The van der Waals surface area contributed by atoms with Crippen LogP contribution in [-0.4, -0.2) is 55.4 Å². The van der Waals surface area contributed by atoms with Crippen molar-refractivity contribution in [2.75, 3.05) is 18.1 Å². The summed E-state index contributed by atoms with van der Waals surface area (Å²) in [6.45, 7) is 3.37. The van der Waals surface area contributed by atoms with E-state index in [1.807, 2.05) is 13.8 Å². The molecule has 0 saturated carbocycles. The van der Waals surface area contributed by atoms with Crippen molar-refractivity contribution in [1.29, 1.82) is 0 Å². The van der Waals surface area contributed by atoms with E-state index < -0.39 is 22.4 Å². The van der Waals surface area contributed by atoms with Gasteiger partial charge in [-0.05, 0) is 38.0 Å². The van der Waals surface area contributed by atoms with Crippen LogP contribution in [0, 0.1) is 0 Å². The highest BCUT2D eigenvalue weighted by Gasteiger charge is 2.36. The Morgan fingerprint density at radius 2 is 2.24 bits per heavy atom. The maximum atomic E-state index is 12.5. The first-order valence-electron chi connectivity index (χ1n) is 8.22. The number of hydrogen-bond acceptors (Lipinski definition) is 6. The van der Waals surface area contributed by atoms with Crippen molar-refractivity contribution in [2.45, 2.75) is 38.8 Å². The number of ether oxygens (including phenoxy) is 1. The van der Waals surface area contributed by atoms with Crippen molar-refractivity contribution >= 4 is 27.8 Å². The van der Waals surface area contributed by atoms with Crippen molar-refractivity contribution in [3.63, 3.8) is 0 Å². The van der Waals surface area contributed by atoms with E-state index >= 15 is 0 Å². The topological polar surface area (TPSA) is 93.9 Å². The van der Waals surface area contributed by atoms with Gasteiger partial charge in [0.2, 0.25) is 0 Å². The highest BCUT2D eigenvalue weighted by Crippen LogP contribution is 2.21. The predicted molar refractivity (Wildman–Crippen MR) is 92.4 cm³/mol. The Morgan fingerprint density at radius 3 is 2.80 bits per heavy atom. The third-order valence-electron chi connectivity index (χ3n) is 4.22. The van der Waals surface area contributed by atoms with E-state index in [0.717, 1.165) is 0 Å². The molecule has 7 nitrogen and oxygen atoms in total. The molecule has 0 aliphatic carbocycles. The van der Waals surface area contributed by atoms with Gasteiger partial charge in [0.15, 0.2) is 16.4 Å². The quantitative estimate of drug-likeness (QED) is 0.536. The van der Waals surface area contributed by atoms with Crippen LogP contribution in [0.4, 0.5) is 0 Å². The molecule has 0 spiro atoms. The Bertz CT molecular complexity index is 722. The number of nitrogens with zero attached hydrogens (tertiary/aromatic N) is 1. The Kier molecular flexibility index (Phi) is 6.41. The summed E-state index contributed by atoms with van der Waals surface area (Å²) in [4.78, 5) is 25.8. The molecular formula is C17H23NO6S. The average Bonchev–Trinajstić information content (AvgIpc) is 3.20. The first kappa shape index (κ1) is 19.2. The summed E-state index contributed by atoms with van der Waals surface area (Å²) >= 11 is 0. The van der Waals surface area contributed by atoms with Crippen LogP contribution in [0.3, 0.4) is 0 Å². The van der Waals surface area contributed by atoms with E-state index in [2.05, 4.69) is 0 Å². The molecule has 1 aromatic rings. The van der Waals surface area contributed by atoms with Crippen LogP contribution in [0.5, 0.6) is 0 Å². The van der Waals surface area contributed by atoms with Crippen molar-refractivity contribution in [3.05, 3.63) is 30.2 Å². The van der Waals surface area contributed by atoms with Gasteiger partial charge in [0.1, 0.15) is 5.76 Å². The molecule has 1 fully saturated rings. The van der Waals surface area contributed by atoms with Crippen molar-refractivity contribution in [2.24, 2.45) is 0 Å². The molecule has 0 radical (unpaired) electrons. The number of esters is 1. The fraction of sp³-hybridized carbons (Fsp3) is 0.529. The lowest BCUT2D eigenvalue weighted by Gasteiger charge is -2.33. The van der Waals surface area contributed by atoms with E-state index in [0.29, 0.717) is 18.6 Å². The lowest BCUT2D eigenvalue weighted by atomic mass is 10.1. The number of sulfone groups is 1. The molecule has 2 atom stereocenters. The van der Waals surface area contributed by atoms with Gasteiger partial charge < -0.3 is 14.1 Å². The van der Waals surface area contributed by atoms with Crippen LogP contribution in [0.25, 0.3) is 6.08 Å². The van der Waals surface area contributed by atoms with Crippen LogP contribution < -0.4 is 0 Å². The summed E-state index contributed by atoms with van der Waals surface area (Å²) in [6.07, 6.45) is 5.22. The van der Waals surface area contributed by atoms with Crippen LogP contribution in [0.2, 0.25) is 0 Å². The highest BCUT2D eigenvalue weighted by molar-refractivity contribution is 7.91. The molecule has 1 aromatic heterocycles. The second kappa shape index (κ2) is 8.33. The first-order valence-corrected chi connectivity index (χ1v) is 10.0. The van der Waals surface area contributed by atoms with Crippen LogP contribution >= 0.6 is 0 Å². The van der Waals surface area contributed by atoms with Gasteiger partial charge >= 0.3 is 5.97 Å². The molecule has 8 heteroatoms. The van der Waals surface area contributed by atoms with Gasteiger partial charge in [-0.3, -0.25) is 4.79 Å². The minimum absolute atomic E-state index is 0.0323. The van der Waals surface area contributed by atoms with E-state index in [-0.39, 0.29) is 29.5 Å². The predicted octanol–water partition coefficient (Wildman–Crippen LogP) is 1.65.